The van der Waals surface area contributed by atoms with Crippen molar-refractivity contribution in [2.75, 3.05) is 12.0 Å². The highest BCUT2D eigenvalue weighted by Gasteiger charge is 2.37. The van der Waals surface area contributed by atoms with Crippen LogP contribution in [0.1, 0.15) is 16.8 Å². The number of methoxy groups -OCH3 is 1. The molecule has 0 unspecified atom stereocenters. The van der Waals surface area contributed by atoms with Crippen molar-refractivity contribution in [1.29, 1.82) is 0 Å². The fourth-order valence-electron chi connectivity index (χ4n) is 3.51. The number of imide groups is 2. The molecule has 3 aromatic rings. The van der Waals surface area contributed by atoms with E-state index in [1.165, 1.54) is 25.3 Å². The molecule has 0 spiro atoms. The summed E-state index contributed by atoms with van der Waals surface area (Å²) in [7, 11) is 1.46. The van der Waals surface area contributed by atoms with Crippen molar-refractivity contribution in [2.45, 2.75) is 13.5 Å². The Morgan fingerprint density at radius 2 is 1.84 bits per heavy atom. The summed E-state index contributed by atoms with van der Waals surface area (Å²) >= 11 is 6.16. The van der Waals surface area contributed by atoms with Crippen molar-refractivity contribution >= 4 is 41.2 Å². The van der Waals surface area contributed by atoms with E-state index in [4.69, 9.17) is 16.3 Å². The molecule has 0 saturated carbocycles. The SMILES string of the molecule is COc1ccc(N2C(=O)NC(=O)/C(=C/c3cccn3Cc3ccccc3C)C2=O)cc1Cl. The van der Waals surface area contributed by atoms with Crippen molar-refractivity contribution in [2.24, 2.45) is 0 Å². The molecule has 0 bridgehead atoms. The Kier molecular flexibility index (Phi) is 5.83. The van der Waals surface area contributed by atoms with Gasteiger partial charge in [0.1, 0.15) is 11.3 Å². The second-order valence-electron chi connectivity index (χ2n) is 7.26. The number of carbonyl (C=O) groups is 3. The summed E-state index contributed by atoms with van der Waals surface area (Å²) in [5, 5.41) is 2.46. The number of hydrogen-bond donors (Lipinski definition) is 1. The molecule has 1 saturated heterocycles. The average molecular weight is 450 g/mol. The first-order chi connectivity index (χ1) is 15.4. The molecule has 1 aliphatic heterocycles. The molecule has 4 rings (SSSR count). The van der Waals surface area contributed by atoms with Crippen LogP contribution in [0.25, 0.3) is 6.08 Å². The van der Waals surface area contributed by atoms with Crippen molar-refractivity contribution < 1.29 is 19.1 Å². The zero-order valence-corrected chi connectivity index (χ0v) is 18.2. The largest absolute Gasteiger partial charge is 0.495 e. The molecule has 1 aliphatic rings. The number of benzene rings is 2. The Labute approximate surface area is 189 Å². The maximum atomic E-state index is 13.2. The van der Waals surface area contributed by atoms with Gasteiger partial charge in [0.15, 0.2) is 0 Å². The van der Waals surface area contributed by atoms with E-state index in [2.05, 4.69) is 5.32 Å². The molecule has 0 atom stereocenters. The lowest BCUT2D eigenvalue weighted by Gasteiger charge is -2.26. The number of barbiturate groups is 1. The summed E-state index contributed by atoms with van der Waals surface area (Å²) < 4.78 is 7.05. The molecule has 32 heavy (non-hydrogen) atoms. The van der Waals surface area contributed by atoms with Crippen molar-refractivity contribution in [3.63, 3.8) is 0 Å². The van der Waals surface area contributed by atoms with Gasteiger partial charge in [0.05, 0.1) is 17.8 Å². The first-order valence-corrected chi connectivity index (χ1v) is 10.2. The third-order valence-corrected chi connectivity index (χ3v) is 5.55. The minimum absolute atomic E-state index is 0.152. The number of anilines is 1. The maximum absolute atomic E-state index is 13.2. The minimum Gasteiger partial charge on any atom is -0.495 e. The summed E-state index contributed by atoms with van der Waals surface area (Å²) in [4.78, 5) is 39.0. The van der Waals surface area contributed by atoms with Crippen LogP contribution < -0.4 is 15.0 Å². The van der Waals surface area contributed by atoms with Gasteiger partial charge in [-0.3, -0.25) is 14.9 Å². The first-order valence-electron chi connectivity index (χ1n) is 9.83. The first kappa shape index (κ1) is 21.4. The fraction of sp³-hybridized carbons (Fsp3) is 0.125. The van der Waals surface area contributed by atoms with Gasteiger partial charge in [-0.25, -0.2) is 9.69 Å². The Hall–Kier alpha value is -3.84. The van der Waals surface area contributed by atoms with Gasteiger partial charge in [0, 0.05) is 18.4 Å². The van der Waals surface area contributed by atoms with Crippen molar-refractivity contribution in [3.05, 3.63) is 88.2 Å². The molecule has 162 valence electrons. The topological polar surface area (TPSA) is 80.6 Å². The highest BCUT2D eigenvalue weighted by atomic mass is 35.5. The molecule has 2 aromatic carbocycles. The fourth-order valence-corrected chi connectivity index (χ4v) is 3.76. The van der Waals surface area contributed by atoms with Gasteiger partial charge in [-0.1, -0.05) is 35.9 Å². The number of halogens is 1. The van der Waals surface area contributed by atoms with Gasteiger partial charge in [0.2, 0.25) is 0 Å². The van der Waals surface area contributed by atoms with Gasteiger partial charge < -0.3 is 9.30 Å². The van der Waals surface area contributed by atoms with E-state index in [1.54, 1.807) is 12.1 Å². The van der Waals surface area contributed by atoms with Crippen LogP contribution in [0.15, 0.2) is 66.4 Å². The number of aromatic nitrogens is 1. The normalized spacial score (nSPS) is 15.3. The summed E-state index contributed by atoms with van der Waals surface area (Å²) in [6, 6.07) is 15.3. The lowest BCUT2D eigenvalue weighted by molar-refractivity contribution is -0.122. The molecule has 4 amide bonds. The Morgan fingerprint density at radius 3 is 2.56 bits per heavy atom. The second-order valence-corrected chi connectivity index (χ2v) is 7.67. The van der Waals surface area contributed by atoms with Crippen LogP contribution in [0.4, 0.5) is 10.5 Å². The van der Waals surface area contributed by atoms with E-state index < -0.39 is 17.8 Å². The Morgan fingerprint density at radius 1 is 1.06 bits per heavy atom. The van der Waals surface area contributed by atoms with E-state index in [1.807, 2.05) is 48.0 Å². The highest BCUT2D eigenvalue weighted by Crippen LogP contribution is 2.31. The van der Waals surface area contributed by atoms with E-state index >= 15 is 0 Å². The number of ether oxygens (including phenoxy) is 1. The number of aryl methyl sites for hydroxylation is 1. The van der Waals surface area contributed by atoms with Crippen LogP contribution in [0, 0.1) is 6.92 Å². The van der Waals surface area contributed by atoms with E-state index in [0.29, 0.717) is 18.0 Å². The van der Waals surface area contributed by atoms with Crippen LogP contribution in [-0.4, -0.2) is 29.5 Å². The predicted octanol–water partition coefficient (Wildman–Crippen LogP) is 4.17. The zero-order valence-electron chi connectivity index (χ0n) is 17.5. The molecule has 8 heteroatoms. The van der Waals surface area contributed by atoms with Gasteiger partial charge >= 0.3 is 6.03 Å². The quantitative estimate of drug-likeness (QED) is 0.468. The molecular weight excluding hydrogens is 430 g/mol. The summed E-state index contributed by atoms with van der Waals surface area (Å²) in [6.07, 6.45) is 3.36. The standard InChI is InChI=1S/C24H20ClN3O4/c1-15-6-3-4-7-16(15)14-27-11-5-8-17(27)12-19-22(29)26-24(31)28(23(19)30)18-9-10-21(32-2)20(25)13-18/h3-13H,14H2,1-2H3,(H,26,29,31)/b19-12-. The Bertz CT molecular complexity index is 1260. The predicted molar refractivity (Wildman–Crippen MR) is 122 cm³/mol. The number of hydrogen-bond acceptors (Lipinski definition) is 4. The minimum atomic E-state index is -0.839. The van der Waals surface area contributed by atoms with Crippen LogP contribution in [0.5, 0.6) is 5.75 Å². The van der Waals surface area contributed by atoms with E-state index in [0.717, 1.165) is 16.0 Å². The molecule has 2 heterocycles. The summed E-state index contributed by atoms with van der Waals surface area (Å²) in [5.41, 5.74) is 2.99. The van der Waals surface area contributed by atoms with Crippen molar-refractivity contribution in [1.82, 2.24) is 9.88 Å². The molecule has 0 aliphatic carbocycles. The number of urea groups is 1. The summed E-state index contributed by atoms with van der Waals surface area (Å²) in [5.74, 6) is -1.08. The summed E-state index contributed by atoms with van der Waals surface area (Å²) in [6.45, 7) is 2.60. The van der Waals surface area contributed by atoms with Crippen LogP contribution in [0.3, 0.4) is 0 Å². The van der Waals surface area contributed by atoms with Gasteiger partial charge in [-0.05, 0) is 54.5 Å². The monoisotopic (exact) mass is 449 g/mol. The molecule has 0 radical (unpaired) electrons. The van der Waals surface area contributed by atoms with Crippen molar-refractivity contribution in [3.8, 4) is 5.75 Å². The van der Waals surface area contributed by atoms with Gasteiger partial charge in [-0.15, -0.1) is 0 Å². The van der Waals surface area contributed by atoms with Crippen LogP contribution in [0.2, 0.25) is 5.02 Å². The third kappa shape index (κ3) is 4.02. The van der Waals surface area contributed by atoms with Gasteiger partial charge in [0.25, 0.3) is 11.8 Å². The smallest absolute Gasteiger partial charge is 0.335 e. The third-order valence-electron chi connectivity index (χ3n) is 5.25. The average Bonchev–Trinajstić information content (AvgIpc) is 3.19. The zero-order chi connectivity index (χ0) is 22.8. The number of carbonyl (C=O) groups excluding carboxylic acids is 3. The molecule has 1 aromatic heterocycles. The number of amides is 4. The van der Waals surface area contributed by atoms with E-state index in [-0.39, 0.29) is 16.3 Å². The van der Waals surface area contributed by atoms with Gasteiger partial charge in [-0.2, -0.15) is 0 Å². The number of nitrogens with one attached hydrogen (secondary N) is 1. The molecule has 7 nitrogen and oxygen atoms in total. The molecule has 1 fully saturated rings. The van der Waals surface area contributed by atoms with Crippen LogP contribution >= 0.6 is 11.6 Å². The lowest BCUT2D eigenvalue weighted by atomic mass is 10.1. The lowest BCUT2D eigenvalue weighted by Crippen LogP contribution is -2.54. The number of rotatable bonds is 5. The number of nitrogens with zero attached hydrogens (tertiary/aromatic N) is 2. The Balaban J connectivity index is 1.68. The molecule has 1 N–H and O–H groups in total. The highest BCUT2D eigenvalue weighted by molar-refractivity contribution is 6.39. The molecular formula is C24H20ClN3O4. The maximum Gasteiger partial charge on any atom is 0.335 e. The van der Waals surface area contributed by atoms with E-state index in [9.17, 15) is 14.4 Å². The second kappa shape index (κ2) is 8.72. The van der Waals surface area contributed by atoms with Crippen LogP contribution in [-0.2, 0) is 16.1 Å².